The van der Waals surface area contributed by atoms with Crippen molar-refractivity contribution in [2.24, 2.45) is 4.99 Å². The normalized spacial score (nSPS) is 16.9. The Kier molecular flexibility index (Phi) is 8.37. The predicted molar refractivity (Wildman–Crippen MR) is 120 cm³/mol. The first-order valence-electron chi connectivity index (χ1n) is 10.9. The molecule has 5 nitrogen and oxygen atoms in total. The number of hydrogen-bond donors (Lipinski definition) is 3. The number of nitrogens with zero attached hydrogens (tertiary/aromatic N) is 2. The molecule has 1 atom stereocenters. The summed E-state index contributed by atoms with van der Waals surface area (Å²) in [5.74, 6) is -0.584. The van der Waals surface area contributed by atoms with Crippen LogP contribution in [0, 0.1) is 11.6 Å². The summed E-state index contributed by atoms with van der Waals surface area (Å²) in [6, 6.07) is 11.6. The van der Waals surface area contributed by atoms with Crippen LogP contribution in [0.4, 0.5) is 8.78 Å². The molecular formula is C24H32F2N4O. The second kappa shape index (κ2) is 11.2. The number of likely N-dealkylation sites (tertiary alicyclic amines) is 1. The van der Waals surface area contributed by atoms with Gasteiger partial charge in [-0.05, 0) is 43.9 Å². The van der Waals surface area contributed by atoms with Gasteiger partial charge < -0.3 is 15.7 Å². The summed E-state index contributed by atoms with van der Waals surface area (Å²) >= 11 is 0. The molecule has 31 heavy (non-hydrogen) atoms. The molecule has 0 bridgehead atoms. The molecule has 0 saturated carbocycles. The Balaban J connectivity index is 1.58. The van der Waals surface area contributed by atoms with Gasteiger partial charge in [0.25, 0.3) is 0 Å². The monoisotopic (exact) mass is 430 g/mol. The zero-order valence-electron chi connectivity index (χ0n) is 18.2. The molecule has 0 spiro atoms. The Morgan fingerprint density at radius 3 is 2.45 bits per heavy atom. The van der Waals surface area contributed by atoms with E-state index in [-0.39, 0.29) is 12.1 Å². The molecule has 1 fully saturated rings. The first kappa shape index (κ1) is 23.2. The number of rotatable bonds is 7. The second-order valence-electron chi connectivity index (χ2n) is 8.05. The lowest BCUT2D eigenvalue weighted by atomic mass is 10.1. The van der Waals surface area contributed by atoms with Gasteiger partial charge in [0.1, 0.15) is 11.6 Å². The molecule has 0 amide bonds. The average Bonchev–Trinajstić information content (AvgIpc) is 2.74. The molecular weight excluding hydrogens is 398 g/mol. The summed E-state index contributed by atoms with van der Waals surface area (Å²) in [4.78, 5) is 6.97. The molecule has 1 unspecified atom stereocenters. The largest absolute Gasteiger partial charge is 0.393 e. The third-order valence-corrected chi connectivity index (χ3v) is 5.53. The Morgan fingerprint density at radius 2 is 1.81 bits per heavy atom. The van der Waals surface area contributed by atoms with E-state index in [4.69, 9.17) is 0 Å². The lowest BCUT2D eigenvalue weighted by Gasteiger charge is -2.29. The van der Waals surface area contributed by atoms with Crippen molar-refractivity contribution in [1.29, 1.82) is 0 Å². The van der Waals surface area contributed by atoms with Gasteiger partial charge in [-0.1, -0.05) is 30.3 Å². The average molecular weight is 431 g/mol. The quantitative estimate of drug-likeness (QED) is 0.463. The van der Waals surface area contributed by atoms with Gasteiger partial charge in [0.15, 0.2) is 5.96 Å². The summed E-state index contributed by atoms with van der Waals surface area (Å²) in [5, 5.41) is 16.0. The van der Waals surface area contributed by atoms with Crippen molar-refractivity contribution in [3.63, 3.8) is 0 Å². The summed E-state index contributed by atoms with van der Waals surface area (Å²) in [7, 11) is 0. The second-order valence-corrected chi connectivity index (χ2v) is 8.05. The van der Waals surface area contributed by atoms with Crippen LogP contribution in [0.1, 0.15) is 49.4 Å². The van der Waals surface area contributed by atoms with Crippen LogP contribution in [-0.4, -0.2) is 41.7 Å². The van der Waals surface area contributed by atoms with Crippen molar-refractivity contribution < 1.29 is 13.9 Å². The first-order chi connectivity index (χ1) is 14.9. The molecule has 7 heteroatoms. The van der Waals surface area contributed by atoms with Gasteiger partial charge in [-0.15, -0.1) is 0 Å². The lowest BCUT2D eigenvalue weighted by Crippen LogP contribution is -2.39. The Hall–Kier alpha value is -2.51. The highest BCUT2D eigenvalue weighted by atomic mass is 19.1. The first-order valence-corrected chi connectivity index (χ1v) is 10.9. The van der Waals surface area contributed by atoms with Gasteiger partial charge in [-0.3, -0.25) is 4.90 Å². The molecule has 0 radical (unpaired) electrons. The summed E-state index contributed by atoms with van der Waals surface area (Å²) in [6.45, 7) is 7.70. The van der Waals surface area contributed by atoms with Crippen molar-refractivity contribution in [3.05, 3.63) is 70.8 Å². The fourth-order valence-corrected chi connectivity index (χ4v) is 3.71. The summed E-state index contributed by atoms with van der Waals surface area (Å²) in [6.07, 6.45) is 1.53. The third-order valence-electron chi connectivity index (χ3n) is 5.53. The van der Waals surface area contributed by atoms with Gasteiger partial charge in [0, 0.05) is 37.8 Å². The molecule has 0 aliphatic carbocycles. The maximum atomic E-state index is 14.1. The fraction of sp³-hybridized carbons (Fsp3) is 0.458. The zero-order chi connectivity index (χ0) is 22.2. The van der Waals surface area contributed by atoms with Gasteiger partial charge in [-0.2, -0.15) is 0 Å². The highest BCUT2D eigenvalue weighted by molar-refractivity contribution is 5.80. The molecule has 2 aromatic rings. The minimum atomic E-state index is -0.588. The molecule has 1 saturated heterocycles. The highest BCUT2D eigenvalue weighted by Crippen LogP contribution is 2.18. The molecule has 1 aliphatic heterocycles. The van der Waals surface area contributed by atoms with Gasteiger partial charge in [0.05, 0.1) is 18.7 Å². The fourth-order valence-electron chi connectivity index (χ4n) is 3.71. The standard InChI is InChI=1S/C24H32F2N4O/c1-3-27-24(29-17(2)22-9-8-20(25)14-23(22)26)28-15-18-4-6-19(7-5-18)16-30-12-10-21(31)11-13-30/h4-9,14,17,21,31H,3,10-13,15-16H2,1-2H3,(H2,27,28,29). The number of aliphatic hydroxyl groups is 1. The van der Waals surface area contributed by atoms with Crippen LogP contribution in [0.15, 0.2) is 47.5 Å². The Morgan fingerprint density at radius 1 is 1.13 bits per heavy atom. The number of hydrogen-bond acceptors (Lipinski definition) is 3. The number of aliphatic imine (C=N–C) groups is 1. The van der Waals surface area contributed by atoms with Gasteiger partial charge >= 0.3 is 0 Å². The van der Waals surface area contributed by atoms with E-state index >= 15 is 0 Å². The van der Waals surface area contributed by atoms with E-state index in [9.17, 15) is 13.9 Å². The van der Waals surface area contributed by atoms with Crippen LogP contribution >= 0.6 is 0 Å². The highest BCUT2D eigenvalue weighted by Gasteiger charge is 2.17. The van der Waals surface area contributed by atoms with E-state index in [0.29, 0.717) is 24.6 Å². The number of benzene rings is 2. The number of piperidine rings is 1. The smallest absolute Gasteiger partial charge is 0.192 e. The molecule has 168 valence electrons. The van der Waals surface area contributed by atoms with Gasteiger partial charge in [0.2, 0.25) is 0 Å². The summed E-state index contributed by atoms with van der Waals surface area (Å²) < 4.78 is 27.2. The van der Waals surface area contributed by atoms with Crippen LogP contribution < -0.4 is 10.6 Å². The van der Waals surface area contributed by atoms with Crippen molar-refractivity contribution >= 4 is 5.96 Å². The van der Waals surface area contributed by atoms with E-state index < -0.39 is 11.6 Å². The number of nitrogens with one attached hydrogen (secondary N) is 2. The van der Waals surface area contributed by atoms with Crippen LogP contribution in [0.5, 0.6) is 0 Å². The molecule has 3 N–H and O–H groups in total. The number of guanidine groups is 1. The maximum absolute atomic E-state index is 14.1. The maximum Gasteiger partial charge on any atom is 0.192 e. The van der Waals surface area contributed by atoms with E-state index in [1.807, 2.05) is 13.8 Å². The van der Waals surface area contributed by atoms with E-state index in [1.165, 1.54) is 17.7 Å². The van der Waals surface area contributed by atoms with Gasteiger partial charge in [-0.25, -0.2) is 13.8 Å². The van der Waals surface area contributed by atoms with Crippen LogP contribution in [0.2, 0.25) is 0 Å². The summed E-state index contributed by atoms with van der Waals surface area (Å²) in [5.41, 5.74) is 2.71. The van der Waals surface area contributed by atoms with E-state index in [1.54, 1.807) is 0 Å². The molecule has 1 aliphatic rings. The molecule has 3 rings (SSSR count). The molecule has 0 aromatic heterocycles. The van der Waals surface area contributed by atoms with Crippen molar-refractivity contribution in [2.45, 2.75) is 51.9 Å². The predicted octanol–water partition coefficient (Wildman–Crippen LogP) is 3.74. The van der Waals surface area contributed by atoms with E-state index in [0.717, 1.165) is 44.1 Å². The molecule has 2 aromatic carbocycles. The zero-order valence-corrected chi connectivity index (χ0v) is 18.2. The minimum Gasteiger partial charge on any atom is -0.393 e. The topological polar surface area (TPSA) is 59.9 Å². The minimum absolute atomic E-state index is 0.154. The third kappa shape index (κ3) is 7.01. The Bertz CT molecular complexity index is 864. The van der Waals surface area contributed by atoms with Crippen LogP contribution in [0.25, 0.3) is 0 Å². The number of halogens is 2. The Labute approximate surface area is 183 Å². The SMILES string of the molecule is CCNC(=NCc1ccc(CN2CCC(O)CC2)cc1)NC(C)c1ccc(F)cc1F. The van der Waals surface area contributed by atoms with Crippen molar-refractivity contribution in [1.82, 2.24) is 15.5 Å². The molecule has 1 heterocycles. The van der Waals surface area contributed by atoms with E-state index in [2.05, 4.69) is 44.8 Å². The number of aliphatic hydroxyl groups excluding tert-OH is 1. The van der Waals surface area contributed by atoms with Crippen LogP contribution in [-0.2, 0) is 13.1 Å². The lowest BCUT2D eigenvalue weighted by molar-refractivity contribution is 0.0792. The van der Waals surface area contributed by atoms with Crippen molar-refractivity contribution in [2.75, 3.05) is 19.6 Å². The van der Waals surface area contributed by atoms with Crippen molar-refractivity contribution in [3.8, 4) is 0 Å². The van der Waals surface area contributed by atoms with Crippen LogP contribution in [0.3, 0.4) is 0 Å².